The number of hydrogen-bond acceptors (Lipinski definition) is 5. The first-order chi connectivity index (χ1) is 16.7. The topological polar surface area (TPSA) is 100 Å². The van der Waals surface area contributed by atoms with Crippen molar-refractivity contribution in [1.29, 1.82) is 0 Å². The van der Waals surface area contributed by atoms with Gasteiger partial charge in [0.1, 0.15) is 11.9 Å². The summed E-state index contributed by atoms with van der Waals surface area (Å²) in [7, 11) is 0. The number of imidazole rings is 1. The second-order valence-electron chi connectivity index (χ2n) is 8.49. The molecule has 1 fully saturated rings. The Morgan fingerprint density at radius 3 is 2.62 bits per heavy atom. The summed E-state index contributed by atoms with van der Waals surface area (Å²) in [5, 5.41) is 10.8. The normalized spacial score (nSPS) is 14.9. The van der Waals surface area contributed by atoms with Gasteiger partial charge in [0.25, 0.3) is 5.91 Å². The van der Waals surface area contributed by atoms with Crippen molar-refractivity contribution >= 4 is 23.1 Å². The molecule has 6 rings (SSSR count). The number of nitrogens with two attached hydrogens (primary N) is 1. The maximum atomic E-state index is 12.4. The number of aromatic nitrogens is 3. The van der Waals surface area contributed by atoms with Gasteiger partial charge in [-0.2, -0.15) is 5.43 Å². The first kappa shape index (κ1) is 20.3. The van der Waals surface area contributed by atoms with Crippen LogP contribution in [0.4, 0.5) is 5.82 Å². The summed E-state index contributed by atoms with van der Waals surface area (Å²) in [5.74, 6) is 0.673. The van der Waals surface area contributed by atoms with Gasteiger partial charge in [0.2, 0.25) is 0 Å². The molecule has 0 bridgehead atoms. The van der Waals surface area contributed by atoms with Crippen LogP contribution in [0.15, 0.2) is 84.4 Å². The molecule has 1 amide bonds. The predicted molar refractivity (Wildman–Crippen MR) is 131 cm³/mol. The largest absolute Gasteiger partial charge is 0.361 e. The van der Waals surface area contributed by atoms with Crippen molar-refractivity contribution in [3.05, 3.63) is 84.8 Å². The van der Waals surface area contributed by atoms with Crippen LogP contribution >= 0.6 is 0 Å². The van der Waals surface area contributed by atoms with Gasteiger partial charge in [-0.25, -0.2) is 9.97 Å². The molecule has 1 saturated carbocycles. The van der Waals surface area contributed by atoms with Gasteiger partial charge in [0.05, 0.1) is 24.1 Å². The Labute approximate surface area is 196 Å². The van der Waals surface area contributed by atoms with Gasteiger partial charge in [-0.1, -0.05) is 47.6 Å². The van der Waals surface area contributed by atoms with E-state index in [1.807, 2.05) is 79.3 Å². The fourth-order valence-electron chi connectivity index (χ4n) is 3.97. The molecule has 4 aromatic rings. The van der Waals surface area contributed by atoms with E-state index in [4.69, 9.17) is 4.98 Å². The average molecular weight is 451 g/mol. The van der Waals surface area contributed by atoms with E-state index in [2.05, 4.69) is 25.1 Å². The van der Waals surface area contributed by atoms with Crippen LogP contribution in [0.3, 0.4) is 0 Å². The monoisotopic (exact) mass is 450 g/mol. The van der Waals surface area contributed by atoms with Crippen molar-refractivity contribution in [1.82, 2.24) is 19.7 Å². The van der Waals surface area contributed by atoms with E-state index < -0.39 is 0 Å². The average Bonchev–Trinajstić information content (AvgIpc) is 3.35. The lowest BCUT2D eigenvalue weighted by Gasteiger charge is -2.11. The van der Waals surface area contributed by atoms with Crippen LogP contribution in [0.5, 0.6) is 0 Å². The maximum Gasteiger partial charge on any atom is 0.251 e. The van der Waals surface area contributed by atoms with Gasteiger partial charge in [-0.3, -0.25) is 9.20 Å². The van der Waals surface area contributed by atoms with Gasteiger partial charge in [-0.05, 0) is 25.0 Å². The number of carbonyl (C=O) groups is 1. The molecule has 0 unspecified atom stereocenters. The number of hydrogen-bond donors (Lipinski definition) is 3. The summed E-state index contributed by atoms with van der Waals surface area (Å²) in [6, 6.07) is 18.1. The SMILES string of the molecule is O=C(NC1CC1)c1ccc(-c2cnc3c(NCC4=N[NH2+]C=C4)nc(-c4ccccc4)cn23)cc1. The van der Waals surface area contributed by atoms with Crippen LogP contribution in [0, 0.1) is 0 Å². The van der Waals surface area contributed by atoms with E-state index in [1.54, 1.807) is 5.43 Å². The maximum absolute atomic E-state index is 12.4. The van der Waals surface area contributed by atoms with Gasteiger partial charge in [-0.15, -0.1) is 0 Å². The highest BCUT2D eigenvalue weighted by Gasteiger charge is 2.23. The number of carbonyl (C=O) groups excluding carboxylic acids is 1. The zero-order chi connectivity index (χ0) is 22.9. The van der Waals surface area contributed by atoms with Gasteiger partial charge in [0.15, 0.2) is 11.5 Å². The Morgan fingerprint density at radius 2 is 1.88 bits per heavy atom. The molecular formula is C26H24N7O+. The zero-order valence-electron chi connectivity index (χ0n) is 18.5. The minimum absolute atomic E-state index is 0.0182. The second kappa shape index (κ2) is 8.57. The van der Waals surface area contributed by atoms with E-state index >= 15 is 0 Å². The number of quaternary nitrogens is 1. The molecule has 8 nitrogen and oxygen atoms in total. The number of amides is 1. The molecule has 4 N–H and O–H groups in total. The fraction of sp³-hybridized carbons (Fsp3) is 0.154. The molecule has 168 valence electrons. The second-order valence-corrected chi connectivity index (χ2v) is 8.49. The molecule has 0 atom stereocenters. The van der Waals surface area contributed by atoms with Crippen LogP contribution in [-0.2, 0) is 0 Å². The highest BCUT2D eigenvalue weighted by Crippen LogP contribution is 2.28. The molecule has 0 radical (unpaired) electrons. The Morgan fingerprint density at radius 1 is 1.06 bits per heavy atom. The Hall–Kier alpha value is -4.30. The molecule has 2 aromatic heterocycles. The quantitative estimate of drug-likeness (QED) is 0.377. The Bertz CT molecular complexity index is 1420. The molecular weight excluding hydrogens is 426 g/mol. The van der Waals surface area contributed by atoms with Gasteiger partial charge < -0.3 is 10.6 Å². The molecule has 1 aliphatic carbocycles. The van der Waals surface area contributed by atoms with Crippen LogP contribution in [-0.4, -0.2) is 38.6 Å². The summed E-state index contributed by atoms with van der Waals surface area (Å²) in [6.07, 6.45) is 9.89. The smallest absolute Gasteiger partial charge is 0.251 e. The van der Waals surface area contributed by atoms with E-state index in [0.717, 1.165) is 46.7 Å². The number of anilines is 1. The van der Waals surface area contributed by atoms with E-state index in [-0.39, 0.29) is 5.91 Å². The summed E-state index contributed by atoms with van der Waals surface area (Å²) >= 11 is 0. The summed E-state index contributed by atoms with van der Waals surface area (Å²) in [4.78, 5) is 21.9. The van der Waals surface area contributed by atoms with Crippen molar-refractivity contribution in [3.63, 3.8) is 0 Å². The zero-order valence-corrected chi connectivity index (χ0v) is 18.5. The molecule has 34 heavy (non-hydrogen) atoms. The van der Waals surface area contributed by atoms with E-state index in [1.165, 1.54) is 0 Å². The Balaban J connectivity index is 1.38. The standard InChI is InChI=1S/C26H23N7O/c34-26(30-20-10-11-20)19-8-6-18(7-9-19)23-15-28-25-24(27-14-21-12-13-29-32-21)31-22(16-33(23)25)17-4-2-1-3-5-17/h1-9,12-13,15-16,20H,10-11,14H2,(H,27,31)(H,29,32)(H,30,34)/p+1. The van der Waals surface area contributed by atoms with Crippen molar-refractivity contribution in [3.8, 4) is 22.5 Å². The van der Waals surface area contributed by atoms with Crippen LogP contribution in [0.1, 0.15) is 23.2 Å². The highest BCUT2D eigenvalue weighted by molar-refractivity contribution is 5.98. The van der Waals surface area contributed by atoms with Crippen molar-refractivity contribution in [2.75, 3.05) is 11.9 Å². The van der Waals surface area contributed by atoms with Crippen LogP contribution < -0.4 is 16.1 Å². The lowest BCUT2D eigenvalue weighted by Crippen LogP contribution is -2.69. The first-order valence-electron chi connectivity index (χ1n) is 11.4. The minimum atomic E-state index is -0.0182. The Kier molecular flexibility index (Phi) is 5.12. The third-order valence-corrected chi connectivity index (χ3v) is 5.97. The number of nitrogens with one attached hydrogen (secondary N) is 2. The van der Waals surface area contributed by atoms with E-state index in [0.29, 0.717) is 24.0 Å². The molecule has 2 aliphatic rings. The number of nitrogens with zero attached hydrogens (tertiary/aromatic N) is 4. The fourth-order valence-corrected chi connectivity index (χ4v) is 3.97. The molecule has 1 aliphatic heterocycles. The molecule has 0 saturated heterocycles. The van der Waals surface area contributed by atoms with Crippen LogP contribution in [0.2, 0.25) is 0 Å². The van der Waals surface area contributed by atoms with Gasteiger partial charge >= 0.3 is 0 Å². The van der Waals surface area contributed by atoms with Gasteiger partial charge in [0, 0.05) is 35.0 Å². The number of rotatable bonds is 7. The van der Waals surface area contributed by atoms with Crippen molar-refractivity contribution < 1.29 is 10.2 Å². The third-order valence-electron chi connectivity index (χ3n) is 5.97. The third kappa shape index (κ3) is 4.06. The molecule has 8 heteroatoms. The molecule has 2 aromatic carbocycles. The summed E-state index contributed by atoms with van der Waals surface area (Å²) in [6.45, 7) is 0.556. The van der Waals surface area contributed by atoms with Crippen LogP contribution in [0.25, 0.3) is 28.2 Å². The lowest BCUT2D eigenvalue weighted by atomic mass is 10.1. The predicted octanol–water partition coefficient (Wildman–Crippen LogP) is 2.81. The minimum Gasteiger partial charge on any atom is -0.361 e. The highest BCUT2D eigenvalue weighted by atomic mass is 16.1. The van der Waals surface area contributed by atoms with Crippen molar-refractivity contribution in [2.24, 2.45) is 5.10 Å². The summed E-state index contributed by atoms with van der Waals surface area (Å²) in [5.41, 5.74) is 7.89. The molecule has 0 spiro atoms. The number of benzene rings is 2. The first-order valence-corrected chi connectivity index (χ1v) is 11.4. The van der Waals surface area contributed by atoms with Crippen molar-refractivity contribution in [2.45, 2.75) is 18.9 Å². The molecule has 3 heterocycles. The summed E-state index contributed by atoms with van der Waals surface area (Å²) < 4.78 is 2.05. The number of fused-ring (bicyclic) bond motifs is 1. The van der Waals surface area contributed by atoms with E-state index in [9.17, 15) is 4.79 Å². The lowest BCUT2D eigenvalue weighted by molar-refractivity contribution is -0.590.